The first-order chi connectivity index (χ1) is 13.7. The van der Waals surface area contributed by atoms with Crippen molar-refractivity contribution in [3.05, 3.63) is 24.7 Å². The van der Waals surface area contributed by atoms with Gasteiger partial charge in [0.05, 0.1) is 25.4 Å². The van der Waals surface area contributed by atoms with E-state index in [0.717, 1.165) is 25.7 Å². The lowest BCUT2D eigenvalue weighted by Crippen LogP contribution is -2.06. The van der Waals surface area contributed by atoms with Gasteiger partial charge in [-0.2, -0.15) is 0 Å². The first kappa shape index (κ1) is 26.4. The Labute approximate surface area is 172 Å². The molecule has 0 saturated heterocycles. The molecule has 0 aliphatic heterocycles. The standard InChI is InChI=1S/C24H42O4/c1-3-5-7-9-11-13-15-17-21-27-23(25)19-20-24(26)28-22-18-16-14-12-10-8-6-4-2/h17-18,21-22H,3-16,19-20H2,1-2H3/b21-17+,22-18+. The lowest BCUT2D eigenvalue weighted by atomic mass is 10.1. The van der Waals surface area contributed by atoms with Crippen molar-refractivity contribution in [1.29, 1.82) is 0 Å². The fraction of sp³-hybridized carbons (Fsp3) is 0.750. The fourth-order valence-corrected chi connectivity index (χ4v) is 2.79. The molecule has 0 aromatic carbocycles. The van der Waals surface area contributed by atoms with Crippen LogP contribution in [0.3, 0.4) is 0 Å². The molecule has 4 nitrogen and oxygen atoms in total. The normalized spacial score (nSPS) is 11.4. The second-order valence-electron chi connectivity index (χ2n) is 7.34. The van der Waals surface area contributed by atoms with Crippen molar-refractivity contribution in [3.8, 4) is 0 Å². The van der Waals surface area contributed by atoms with Crippen LogP contribution in [0.5, 0.6) is 0 Å². The average molecular weight is 395 g/mol. The van der Waals surface area contributed by atoms with Crippen LogP contribution in [0.4, 0.5) is 0 Å². The molecule has 0 amide bonds. The third kappa shape index (κ3) is 20.7. The van der Waals surface area contributed by atoms with Gasteiger partial charge in [-0.1, -0.05) is 78.1 Å². The molecule has 0 fully saturated rings. The van der Waals surface area contributed by atoms with Crippen molar-refractivity contribution in [2.75, 3.05) is 0 Å². The zero-order valence-corrected chi connectivity index (χ0v) is 18.3. The molecule has 0 unspecified atom stereocenters. The number of ether oxygens (including phenoxy) is 2. The Bertz CT molecular complexity index is 386. The van der Waals surface area contributed by atoms with Crippen molar-refractivity contribution in [3.63, 3.8) is 0 Å². The largest absolute Gasteiger partial charge is 0.435 e. The van der Waals surface area contributed by atoms with Gasteiger partial charge in [-0.15, -0.1) is 0 Å². The molecule has 0 radical (unpaired) electrons. The van der Waals surface area contributed by atoms with Crippen molar-refractivity contribution in [2.24, 2.45) is 0 Å². The van der Waals surface area contributed by atoms with Crippen LogP contribution >= 0.6 is 0 Å². The maximum Gasteiger partial charge on any atom is 0.311 e. The molecule has 0 saturated carbocycles. The predicted molar refractivity (Wildman–Crippen MR) is 116 cm³/mol. The Morgan fingerprint density at radius 1 is 0.571 bits per heavy atom. The number of hydrogen-bond donors (Lipinski definition) is 0. The van der Waals surface area contributed by atoms with E-state index in [1.807, 2.05) is 12.2 Å². The number of carbonyl (C=O) groups is 2. The van der Waals surface area contributed by atoms with E-state index in [2.05, 4.69) is 13.8 Å². The molecule has 0 atom stereocenters. The molecule has 162 valence electrons. The van der Waals surface area contributed by atoms with Crippen LogP contribution in [0, 0.1) is 0 Å². The molecule has 4 heteroatoms. The second kappa shape index (κ2) is 21.7. The third-order valence-corrected chi connectivity index (χ3v) is 4.57. The molecule has 0 N–H and O–H groups in total. The molecular weight excluding hydrogens is 352 g/mol. The lowest BCUT2D eigenvalue weighted by Gasteiger charge is -2.00. The molecule has 0 aromatic rings. The number of unbranched alkanes of at least 4 members (excludes halogenated alkanes) is 12. The van der Waals surface area contributed by atoms with Gasteiger partial charge in [0, 0.05) is 0 Å². The van der Waals surface area contributed by atoms with E-state index in [4.69, 9.17) is 9.47 Å². The molecule has 0 rings (SSSR count). The van der Waals surface area contributed by atoms with E-state index < -0.39 is 11.9 Å². The Balaban J connectivity index is 3.51. The van der Waals surface area contributed by atoms with Crippen molar-refractivity contribution < 1.29 is 19.1 Å². The summed E-state index contributed by atoms with van der Waals surface area (Å²) in [6, 6.07) is 0. The minimum absolute atomic E-state index is 0.0471. The van der Waals surface area contributed by atoms with Crippen LogP contribution in [0.25, 0.3) is 0 Å². The van der Waals surface area contributed by atoms with E-state index in [9.17, 15) is 9.59 Å². The molecule has 0 aliphatic carbocycles. The van der Waals surface area contributed by atoms with Gasteiger partial charge in [0.25, 0.3) is 0 Å². The van der Waals surface area contributed by atoms with E-state index in [0.29, 0.717) is 0 Å². The zero-order valence-electron chi connectivity index (χ0n) is 18.3. The highest BCUT2D eigenvalue weighted by molar-refractivity contribution is 5.78. The van der Waals surface area contributed by atoms with Crippen molar-refractivity contribution in [2.45, 2.75) is 117 Å². The van der Waals surface area contributed by atoms with E-state index >= 15 is 0 Å². The average Bonchev–Trinajstić information content (AvgIpc) is 2.69. The van der Waals surface area contributed by atoms with Gasteiger partial charge in [-0.05, 0) is 37.8 Å². The van der Waals surface area contributed by atoms with Crippen LogP contribution in [-0.2, 0) is 19.1 Å². The number of rotatable bonds is 19. The first-order valence-corrected chi connectivity index (χ1v) is 11.4. The first-order valence-electron chi connectivity index (χ1n) is 11.4. The summed E-state index contributed by atoms with van der Waals surface area (Å²) in [6.45, 7) is 4.43. The maximum absolute atomic E-state index is 11.6. The van der Waals surface area contributed by atoms with Crippen LogP contribution in [0.15, 0.2) is 24.7 Å². The Morgan fingerprint density at radius 3 is 1.32 bits per heavy atom. The van der Waals surface area contributed by atoms with Gasteiger partial charge in [0.2, 0.25) is 0 Å². The maximum atomic E-state index is 11.6. The quantitative estimate of drug-likeness (QED) is 0.130. The number of carbonyl (C=O) groups excluding carboxylic acids is 2. The van der Waals surface area contributed by atoms with Gasteiger partial charge in [0.1, 0.15) is 0 Å². The predicted octanol–water partition coefficient (Wildman–Crippen LogP) is 7.38. The Kier molecular flexibility index (Phi) is 20.5. The highest BCUT2D eigenvalue weighted by Gasteiger charge is 2.07. The highest BCUT2D eigenvalue weighted by Crippen LogP contribution is 2.08. The van der Waals surface area contributed by atoms with E-state index in [1.165, 1.54) is 76.7 Å². The molecule has 0 aliphatic rings. The van der Waals surface area contributed by atoms with Gasteiger partial charge < -0.3 is 9.47 Å². The number of allylic oxidation sites excluding steroid dienone is 2. The summed E-state index contributed by atoms with van der Waals surface area (Å²) in [7, 11) is 0. The topological polar surface area (TPSA) is 52.6 Å². The zero-order chi connectivity index (χ0) is 20.7. The number of hydrogen-bond acceptors (Lipinski definition) is 4. The van der Waals surface area contributed by atoms with E-state index in [-0.39, 0.29) is 12.8 Å². The fourth-order valence-electron chi connectivity index (χ4n) is 2.79. The smallest absolute Gasteiger partial charge is 0.311 e. The summed E-state index contributed by atoms with van der Waals surface area (Å²) < 4.78 is 9.98. The molecule has 0 aromatic heterocycles. The summed E-state index contributed by atoms with van der Waals surface area (Å²) in [5.74, 6) is -0.792. The molecular formula is C24H42O4. The summed E-state index contributed by atoms with van der Waals surface area (Å²) in [6.07, 6.45) is 23.6. The van der Waals surface area contributed by atoms with Crippen LogP contribution in [0.2, 0.25) is 0 Å². The molecule has 0 spiro atoms. The molecule has 0 bridgehead atoms. The second-order valence-corrected chi connectivity index (χ2v) is 7.34. The lowest BCUT2D eigenvalue weighted by molar-refractivity contribution is -0.144. The minimum atomic E-state index is -0.396. The van der Waals surface area contributed by atoms with Crippen LogP contribution < -0.4 is 0 Å². The van der Waals surface area contributed by atoms with Gasteiger partial charge in [-0.3, -0.25) is 9.59 Å². The molecule has 28 heavy (non-hydrogen) atoms. The SMILES string of the molecule is CCCCCCCC/C=C/OC(=O)CCC(=O)O/C=C/CCCCCCCC. The summed E-state index contributed by atoms with van der Waals surface area (Å²) >= 11 is 0. The van der Waals surface area contributed by atoms with Crippen molar-refractivity contribution in [1.82, 2.24) is 0 Å². The van der Waals surface area contributed by atoms with Gasteiger partial charge in [0.15, 0.2) is 0 Å². The van der Waals surface area contributed by atoms with E-state index in [1.54, 1.807) is 0 Å². The van der Waals surface area contributed by atoms with Gasteiger partial charge >= 0.3 is 11.9 Å². The minimum Gasteiger partial charge on any atom is -0.435 e. The summed E-state index contributed by atoms with van der Waals surface area (Å²) in [4.78, 5) is 23.2. The Morgan fingerprint density at radius 2 is 0.929 bits per heavy atom. The summed E-state index contributed by atoms with van der Waals surface area (Å²) in [5, 5.41) is 0. The highest BCUT2D eigenvalue weighted by atomic mass is 16.5. The van der Waals surface area contributed by atoms with Gasteiger partial charge in [-0.25, -0.2) is 0 Å². The van der Waals surface area contributed by atoms with Crippen LogP contribution in [-0.4, -0.2) is 11.9 Å². The monoisotopic (exact) mass is 394 g/mol. The number of esters is 2. The van der Waals surface area contributed by atoms with Crippen LogP contribution in [0.1, 0.15) is 117 Å². The Hall–Kier alpha value is -1.58. The van der Waals surface area contributed by atoms with Crippen molar-refractivity contribution >= 4 is 11.9 Å². The summed E-state index contributed by atoms with van der Waals surface area (Å²) in [5.41, 5.74) is 0. The third-order valence-electron chi connectivity index (χ3n) is 4.57. The molecule has 0 heterocycles.